The molecule has 4 N–H and O–H groups in total. The van der Waals surface area contributed by atoms with Crippen molar-refractivity contribution in [3.05, 3.63) is 23.8 Å². The van der Waals surface area contributed by atoms with Crippen LogP contribution in [0.2, 0.25) is 0 Å². The predicted octanol–water partition coefficient (Wildman–Crippen LogP) is 1.17. The first-order chi connectivity index (χ1) is 8.49. The molecule has 1 aliphatic carbocycles. The fourth-order valence-electron chi connectivity index (χ4n) is 2.49. The topological polar surface area (TPSA) is 86.8 Å². The lowest BCUT2D eigenvalue weighted by molar-refractivity contribution is 0.0464. The van der Waals surface area contributed by atoms with Crippen LogP contribution in [0.25, 0.3) is 0 Å². The van der Waals surface area contributed by atoms with Gasteiger partial charge in [0.1, 0.15) is 0 Å². The number of para-hydroxylation sites is 1. The standard InChI is InChI=1S/C13H18N2O3/c1-15(7-8-5-9(16)6-8)12-10(13(17)18)3-2-4-11(12)14/h2-4,8-9,16H,5-7,14H2,1H3,(H,17,18). The summed E-state index contributed by atoms with van der Waals surface area (Å²) in [5.74, 6) is -0.566. The maximum Gasteiger partial charge on any atom is 0.337 e. The number of hydrogen-bond acceptors (Lipinski definition) is 4. The highest BCUT2D eigenvalue weighted by Gasteiger charge is 2.29. The second-order valence-electron chi connectivity index (χ2n) is 4.92. The summed E-state index contributed by atoms with van der Waals surface area (Å²) in [7, 11) is 1.84. The molecule has 0 spiro atoms. The van der Waals surface area contributed by atoms with Crippen molar-refractivity contribution in [2.45, 2.75) is 18.9 Å². The Hall–Kier alpha value is -1.75. The van der Waals surface area contributed by atoms with E-state index in [4.69, 9.17) is 10.8 Å². The minimum atomic E-state index is -0.974. The molecule has 0 heterocycles. The lowest BCUT2D eigenvalue weighted by Gasteiger charge is -2.35. The zero-order valence-corrected chi connectivity index (χ0v) is 10.3. The summed E-state index contributed by atoms with van der Waals surface area (Å²) in [6.45, 7) is 0.714. The SMILES string of the molecule is CN(CC1CC(O)C1)c1c(N)cccc1C(=O)O. The number of nitrogens with two attached hydrogens (primary N) is 1. The van der Waals surface area contributed by atoms with Crippen LogP contribution in [0.5, 0.6) is 0 Å². The van der Waals surface area contributed by atoms with Gasteiger partial charge in [-0.2, -0.15) is 0 Å². The number of hydrogen-bond donors (Lipinski definition) is 3. The first-order valence-corrected chi connectivity index (χ1v) is 6.00. The third-order valence-electron chi connectivity index (χ3n) is 3.42. The van der Waals surface area contributed by atoms with Gasteiger partial charge in [-0.25, -0.2) is 4.79 Å². The van der Waals surface area contributed by atoms with Crippen LogP contribution in [0, 0.1) is 5.92 Å². The maximum atomic E-state index is 11.2. The van der Waals surface area contributed by atoms with Crippen LogP contribution in [0.4, 0.5) is 11.4 Å². The van der Waals surface area contributed by atoms with Crippen molar-refractivity contribution in [2.75, 3.05) is 24.2 Å². The monoisotopic (exact) mass is 250 g/mol. The number of benzene rings is 1. The van der Waals surface area contributed by atoms with E-state index in [1.165, 1.54) is 0 Å². The highest BCUT2D eigenvalue weighted by molar-refractivity contribution is 5.97. The van der Waals surface area contributed by atoms with E-state index in [0.717, 1.165) is 12.8 Å². The molecule has 1 saturated carbocycles. The van der Waals surface area contributed by atoms with E-state index in [0.29, 0.717) is 23.8 Å². The van der Waals surface area contributed by atoms with Gasteiger partial charge in [-0.15, -0.1) is 0 Å². The smallest absolute Gasteiger partial charge is 0.337 e. The number of aliphatic hydroxyl groups excluding tert-OH is 1. The Morgan fingerprint density at radius 2 is 2.17 bits per heavy atom. The first kappa shape index (κ1) is 12.7. The zero-order valence-electron chi connectivity index (χ0n) is 10.3. The van der Waals surface area contributed by atoms with E-state index >= 15 is 0 Å². The normalized spacial score (nSPS) is 22.3. The molecule has 0 unspecified atom stereocenters. The molecule has 0 aliphatic heterocycles. The molecule has 0 aromatic heterocycles. The molecule has 2 rings (SSSR count). The molecular formula is C13H18N2O3. The summed E-state index contributed by atoms with van der Waals surface area (Å²) in [6.07, 6.45) is 1.36. The molecule has 0 radical (unpaired) electrons. The predicted molar refractivity (Wildman–Crippen MR) is 69.8 cm³/mol. The number of carboxylic acid groups (broad SMARTS) is 1. The lowest BCUT2D eigenvalue weighted by Crippen LogP contribution is -2.37. The molecule has 1 aromatic carbocycles. The molecule has 1 aliphatic rings. The number of carbonyl (C=O) groups is 1. The van der Waals surface area contributed by atoms with Crippen LogP contribution in [-0.4, -0.2) is 35.9 Å². The van der Waals surface area contributed by atoms with Crippen molar-refractivity contribution >= 4 is 17.3 Å². The van der Waals surface area contributed by atoms with E-state index in [2.05, 4.69) is 0 Å². The summed E-state index contributed by atoms with van der Waals surface area (Å²) in [5.41, 5.74) is 7.12. The number of rotatable bonds is 4. The molecule has 0 saturated heterocycles. The minimum absolute atomic E-state index is 0.199. The van der Waals surface area contributed by atoms with Crippen molar-refractivity contribution in [3.8, 4) is 0 Å². The third-order valence-corrected chi connectivity index (χ3v) is 3.42. The number of carboxylic acids is 1. The van der Waals surface area contributed by atoms with Crippen molar-refractivity contribution in [1.82, 2.24) is 0 Å². The van der Waals surface area contributed by atoms with Crippen LogP contribution in [0.3, 0.4) is 0 Å². The van der Waals surface area contributed by atoms with Gasteiger partial charge in [0.05, 0.1) is 23.0 Å². The highest BCUT2D eigenvalue weighted by atomic mass is 16.4. The summed E-state index contributed by atoms with van der Waals surface area (Å²) >= 11 is 0. The van der Waals surface area contributed by atoms with Gasteiger partial charge < -0.3 is 20.8 Å². The second kappa shape index (κ2) is 4.86. The summed E-state index contributed by atoms with van der Waals surface area (Å²) < 4.78 is 0. The number of anilines is 2. The quantitative estimate of drug-likeness (QED) is 0.698. The highest BCUT2D eigenvalue weighted by Crippen LogP contribution is 2.32. The van der Waals surface area contributed by atoms with Crippen LogP contribution in [0.1, 0.15) is 23.2 Å². The molecule has 0 bridgehead atoms. The van der Waals surface area contributed by atoms with Crippen LogP contribution >= 0.6 is 0 Å². The Bertz CT molecular complexity index is 456. The molecule has 0 amide bonds. The number of aliphatic hydroxyl groups is 1. The van der Waals surface area contributed by atoms with E-state index < -0.39 is 5.97 Å². The van der Waals surface area contributed by atoms with Crippen molar-refractivity contribution in [1.29, 1.82) is 0 Å². The zero-order chi connectivity index (χ0) is 13.3. The fourth-order valence-corrected chi connectivity index (χ4v) is 2.49. The Balaban J connectivity index is 2.18. The minimum Gasteiger partial charge on any atom is -0.478 e. The van der Waals surface area contributed by atoms with Gasteiger partial charge in [0.25, 0.3) is 0 Å². The Morgan fingerprint density at radius 1 is 1.50 bits per heavy atom. The molecule has 18 heavy (non-hydrogen) atoms. The van der Waals surface area contributed by atoms with Crippen molar-refractivity contribution in [3.63, 3.8) is 0 Å². The largest absolute Gasteiger partial charge is 0.478 e. The van der Waals surface area contributed by atoms with Gasteiger partial charge >= 0.3 is 5.97 Å². The van der Waals surface area contributed by atoms with E-state index in [1.807, 2.05) is 11.9 Å². The molecular weight excluding hydrogens is 232 g/mol. The summed E-state index contributed by atoms with van der Waals surface area (Å²) in [4.78, 5) is 13.0. The van der Waals surface area contributed by atoms with Gasteiger partial charge in [-0.3, -0.25) is 0 Å². The van der Waals surface area contributed by atoms with Gasteiger partial charge in [0, 0.05) is 13.6 Å². The lowest BCUT2D eigenvalue weighted by atomic mass is 9.82. The maximum absolute atomic E-state index is 11.2. The average Bonchev–Trinajstić information content (AvgIpc) is 2.26. The number of nitrogen functional groups attached to an aromatic ring is 1. The molecule has 1 aromatic rings. The van der Waals surface area contributed by atoms with E-state index in [-0.39, 0.29) is 11.7 Å². The van der Waals surface area contributed by atoms with Crippen LogP contribution in [0.15, 0.2) is 18.2 Å². The molecule has 0 atom stereocenters. The number of nitrogens with zero attached hydrogens (tertiary/aromatic N) is 1. The Kier molecular flexibility index (Phi) is 3.43. The third kappa shape index (κ3) is 2.41. The van der Waals surface area contributed by atoms with E-state index in [9.17, 15) is 9.90 Å². The molecule has 5 nitrogen and oxygen atoms in total. The van der Waals surface area contributed by atoms with Crippen molar-refractivity contribution in [2.24, 2.45) is 5.92 Å². The molecule has 5 heteroatoms. The van der Waals surface area contributed by atoms with Crippen molar-refractivity contribution < 1.29 is 15.0 Å². The number of aromatic carboxylic acids is 1. The van der Waals surface area contributed by atoms with Gasteiger partial charge in [0.2, 0.25) is 0 Å². The Labute approximate surface area is 106 Å². The second-order valence-corrected chi connectivity index (χ2v) is 4.92. The van der Waals surface area contributed by atoms with Gasteiger partial charge in [-0.05, 0) is 30.9 Å². The summed E-state index contributed by atoms with van der Waals surface area (Å²) in [5, 5.41) is 18.4. The average molecular weight is 250 g/mol. The van der Waals surface area contributed by atoms with E-state index in [1.54, 1.807) is 18.2 Å². The fraction of sp³-hybridized carbons (Fsp3) is 0.462. The van der Waals surface area contributed by atoms with Gasteiger partial charge in [0.15, 0.2) is 0 Å². The molecule has 1 fully saturated rings. The Morgan fingerprint density at radius 3 is 2.72 bits per heavy atom. The van der Waals surface area contributed by atoms with Gasteiger partial charge in [-0.1, -0.05) is 6.07 Å². The molecule has 98 valence electrons. The van der Waals surface area contributed by atoms with Crippen LogP contribution in [-0.2, 0) is 0 Å². The first-order valence-electron chi connectivity index (χ1n) is 6.00. The van der Waals surface area contributed by atoms with Crippen LogP contribution < -0.4 is 10.6 Å². The summed E-state index contributed by atoms with van der Waals surface area (Å²) in [6, 6.07) is 4.90.